The van der Waals surface area contributed by atoms with Gasteiger partial charge in [0.2, 0.25) is 6.29 Å². The van der Waals surface area contributed by atoms with Crippen LogP contribution in [0.4, 0.5) is 0 Å². The van der Waals surface area contributed by atoms with Gasteiger partial charge in [0.15, 0.2) is 5.57 Å². The van der Waals surface area contributed by atoms with E-state index in [1.54, 1.807) is 25.6 Å². The number of esters is 1. The van der Waals surface area contributed by atoms with Gasteiger partial charge in [0, 0.05) is 23.8 Å². The Morgan fingerprint density at radius 2 is 2.03 bits per heavy atom. The van der Waals surface area contributed by atoms with Crippen molar-refractivity contribution < 1.29 is 19.0 Å². The molecule has 0 amide bonds. The minimum atomic E-state index is -0.733. The van der Waals surface area contributed by atoms with Gasteiger partial charge in [-0.3, -0.25) is 0 Å². The number of hydrogen-bond donors (Lipinski definition) is 1. The molecule has 0 aromatic heterocycles. The summed E-state index contributed by atoms with van der Waals surface area (Å²) in [6.07, 6.45) is 2.61. The highest BCUT2D eigenvalue weighted by Gasteiger charge is 2.15. The van der Waals surface area contributed by atoms with Crippen LogP contribution < -0.4 is 10.1 Å². The Bertz CT molecular complexity index is 926. The first-order valence-electron chi connectivity index (χ1n) is 9.24. The number of nitriles is 1. The van der Waals surface area contributed by atoms with Gasteiger partial charge in [0.25, 0.3) is 0 Å². The maximum absolute atomic E-state index is 12.0. The number of thioether (sulfide) groups is 1. The summed E-state index contributed by atoms with van der Waals surface area (Å²) in [5.41, 5.74) is 0.844. The second kappa shape index (κ2) is 12.3. The lowest BCUT2D eigenvalue weighted by Crippen LogP contribution is -2.20. The van der Waals surface area contributed by atoms with Crippen LogP contribution in [0.1, 0.15) is 19.4 Å². The van der Waals surface area contributed by atoms with Gasteiger partial charge in [0.1, 0.15) is 17.6 Å². The third-order valence-corrected chi connectivity index (χ3v) is 5.26. The maximum Gasteiger partial charge on any atom is 0.352 e. The Morgan fingerprint density at radius 1 is 1.30 bits per heavy atom. The second-order valence-electron chi connectivity index (χ2n) is 5.98. The fourth-order valence-corrected chi connectivity index (χ4v) is 3.50. The number of benzene rings is 2. The van der Waals surface area contributed by atoms with Crippen molar-refractivity contribution in [2.75, 3.05) is 12.9 Å². The number of carbonyl (C=O) groups excluding carboxylic acids is 1. The molecule has 0 fully saturated rings. The lowest BCUT2D eigenvalue weighted by Gasteiger charge is -2.14. The molecule has 0 bridgehead atoms. The summed E-state index contributed by atoms with van der Waals surface area (Å²) in [6.45, 7) is 4.22. The van der Waals surface area contributed by atoms with Crippen molar-refractivity contribution in [3.8, 4) is 17.6 Å². The lowest BCUT2D eigenvalue weighted by atomic mass is 10.2. The van der Waals surface area contributed by atoms with Gasteiger partial charge in [-0.2, -0.15) is 5.26 Å². The van der Waals surface area contributed by atoms with Crippen molar-refractivity contribution in [2.45, 2.75) is 31.6 Å². The zero-order valence-electron chi connectivity index (χ0n) is 17.0. The van der Waals surface area contributed by atoms with Crippen LogP contribution in [-0.4, -0.2) is 25.1 Å². The van der Waals surface area contributed by atoms with Gasteiger partial charge in [-0.25, -0.2) is 4.79 Å². The number of rotatable bonds is 10. The number of halogens is 1. The smallest absolute Gasteiger partial charge is 0.352 e. The minimum Gasteiger partial charge on any atom is -0.456 e. The fraction of sp³-hybridized carbons (Fsp3) is 0.273. The molecular weight excluding hydrogens is 468 g/mol. The predicted octanol–water partition coefficient (Wildman–Crippen LogP) is 5.39. The van der Waals surface area contributed by atoms with E-state index in [1.165, 1.54) is 6.20 Å². The Balaban J connectivity index is 2.08. The zero-order chi connectivity index (χ0) is 21.9. The quantitative estimate of drug-likeness (QED) is 0.157. The molecule has 0 aliphatic rings. The Hall–Kier alpha value is -2.47. The summed E-state index contributed by atoms with van der Waals surface area (Å²) in [6, 6.07) is 15.2. The first-order chi connectivity index (χ1) is 14.5. The molecule has 1 N–H and O–H groups in total. The van der Waals surface area contributed by atoms with E-state index in [1.807, 2.05) is 54.8 Å². The molecule has 6 nitrogen and oxygen atoms in total. The molecule has 8 heteroatoms. The molecule has 1 atom stereocenters. The van der Waals surface area contributed by atoms with Crippen LogP contribution in [0.2, 0.25) is 0 Å². The van der Waals surface area contributed by atoms with Crippen LogP contribution in [0.5, 0.6) is 11.5 Å². The molecule has 2 aromatic rings. The molecule has 0 radical (unpaired) electrons. The van der Waals surface area contributed by atoms with Crippen molar-refractivity contribution in [1.82, 2.24) is 5.32 Å². The third kappa shape index (κ3) is 7.10. The molecule has 0 heterocycles. The largest absolute Gasteiger partial charge is 0.456 e. The van der Waals surface area contributed by atoms with Crippen LogP contribution in [0, 0.1) is 11.3 Å². The minimum absolute atomic E-state index is 0.130. The van der Waals surface area contributed by atoms with Crippen molar-refractivity contribution in [3.63, 3.8) is 0 Å². The highest BCUT2D eigenvalue weighted by molar-refractivity contribution is 9.10. The summed E-state index contributed by atoms with van der Waals surface area (Å²) in [5, 5.41) is 12.2. The van der Waals surface area contributed by atoms with Gasteiger partial charge < -0.3 is 19.5 Å². The van der Waals surface area contributed by atoms with E-state index in [2.05, 4.69) is 21.2 Å². The molecule has 0 spiro atoms. The first kappa shape index (κ1) is 23.8. The number of hydrogen-bond acceptors (Lipinski definition) is 7. The monoisotopic (exact) mass is 490 g/mol. The molecular formula is C22H23BrN2O4S. The zero-order valence-corrected chi connectivity index (χ0v) is 19.4. The molecule has 1 unspecified atom stereocenters. The van der Waals surface area contributed by atoms with E-state index < -0.39 is 12.3 Å². The first-order valence-corrected chi connectivity index (χ1v) is 11.3. The predicted molar refractivity (Wildman–Crippen MR) is 120 cm³/mol. The highest BCUT2D eigenvalue weighted by Crippen LogP contribution is 2.34. The van der Waals surface area contributed by atoms with Gasteiger partial charge >= 0.3 is 5.97 Å². The fourth-order valence-electron chi connectivity index (χ4n) is 2.52. The maximum atomic E-state index is 12.0. The molecule has 2 aromatic carbocycles. The average Bonchev–Trinajstić information content (AvgIpc) is 2.73. The van der Waals surface area contributed by atoms with E-state index in [9.17, 15) is 10.1 Å². The van der Waals surface area contributed by atoms with Crippen molar-refractivity contribution in [1.29, 1.82) is 5.26 Å². The Labute approximate surface area is 189 Å². The summed E-state index contributed by atoms with van der Waals surface area (Å²) >= 11 is 4.97. The topological polar surface area (TPSA) is 80.6 Å². The molecule has 158 valence electrons. The molecule has 0 aliphatic carbocycles. The summed E-state index contributed by atoms with van der Waals surface area (Å²) in [4.78, 5) is 13.0. The number of ether oxygens (including phenoxy) is 3. The van der Waals surface area contributed by atoms with Crippen LogP contribution in [-0.2, 0) is 20.8 Å². The summed E-state index contributed by atoms with van der Waals surface area (Å²) < 4.78 is 17.2. The van der Waals surface area contributed by atoms with Crippen LogP contribution in [0.25, 0.3) is 0 Å². The summed E-state index contributed by atoms with van der Waals surface area (Å²) in [5.74, 6) is 0.735. The standard InChI is InChI=1S/C22H23BrN2O4S/c1-4-27-15(2)28-22(26)17(12-24)14-25-13-16-6-5-7-20(21(16)30-3)29-19-10-8-18(23)9-11-19/h5-11,14-15,25H,4,13H2,1-3H3/b17-14+. The number of nitrogens with one attached hydrogen (secondary N) is 1. The molecule has 0 aliphatic heterocycles. The van der Waals surface area contributed by atoms with Gasteiger partial charge in [0.05, 0.1) is 4.90 Å². The molecule has 0 saturated carbocycles. The van der Waals surface area contributed by atoms with Crippen LogP contribution in [0.15, 0.2) is 63.6 Å². The number of carbonyl (C=O) groups is 1. The summed E-state index contributed by atoms with van der Waals surface area (Å²) in [7, 11) is 0. The van der Waals surface area contributed by atoms with E-state index in [0.29, 0.717) is 13.2 Å². The van der Waals surface area contributed by atoms with Crippen LogP contribution >= 0.6 is 27.7 Å². The Morgan fingerprint density at radius 3 is 2.67 bits per heavy atom. The highest BCUT2D eigenvalue weighted by atomic mass is 79.9. The van der Waals surface area contributed by atoms with Gasteiger partial charge in [-0.1, -0.05) is 28.1 Å². The third-order valence-electron chi connectivity index (χ3n) is 3.86. The van der Waals surface area contributed by atoms with E-state index in [0.717, 1.165) is 26.4 Å². The molecule has 0 saturated heterocycles. The van der Waals surface area contributed by atoms with Gasteiger partial charge in [-0.05, 0) is 56.0 Å². The van der Waals surface area contributed by atoms with Crippen LogP contribution in [0.3, 0.4) is 0 Å². The van der Waals surface area contributed by atoms with Crippen molar-refractivity contribution in [3.05, 3.63) is 64.3 Å². The second-order valence-corrected chi connectivity index (χ2v) is 7.72. The Kier molecular flexibility index (Phi) is 9.74. The van der Waals surface area contributed by atoms with E-state index in [4.69, 9.17) is 14.2 Å². The van der Waals surface area contributed by atoms with E-state index in [-0.39, 0.29) is 5.57 Å². The lowest BCUT2D eigenvalue weighted by molar-refractivity contribution is -0.168. The average molecular weight is 491 g/mol. The normalized spacial score (nSPS) is 12.0. The SMILES string of the molecule is CCOC(C)OC(=O)/C(C#N)=C/NCc1cccc(Oc2ccc(Br)cc2)c1SC. The van der Waals surface area contributed by atoms with Crippen molar-refractivity contribution >= 4 is 33.7 Å². The van der Waals surface area contributed by atoms with Crippen molar-refractivity contribution in [2.24, 2.45) is 0 Å². The molecule has 30 heavy (non-hydrogen) atoms. The van der Waals surface area contributed by atoms with E-state index >= 15 is 0 Å². The number of nitrogens with zero attached hydrogens (tertiary/aromatic N) is 1. The molecule has 2 rings (SSSR count). The van der Waals surface area contributed by atoms with Gasteiger partial charge in [-0.15, -0.1) is 11.8 Å².